The predicted octanol–water partition coefficient (Wildman–Crippen LogP) is 2.76. The number of benzene rings is 2. The first kappa shape index (κ1) is 19.8. The zero-order valence-corrected chi connectivity index (χ0v) is 15.7. The van der Waals surface area contributed by atoms with E-state index in [0.717, 1.165) is 4.90 Å². The van der Waals surface area contributed by atoms with Crippen LogP contribution in [0, 0.1) is 10.1 Å². The molecule has 0 atom stereocenters. The van der Waals surface area contributed by atoms with Crippen LogP contribution in [0.15, 0.2) is 58.3 Å². The van der Waals surface area contributed by atoms with Gasteiger partial charge in [-0.25, -0.2) is 4.79 Å². The Morgan fingerprint density at radius 2 is 1.86 bits per heavy atom. The molecule has 3 rings (SSSR count). The maximum absolute atomic E-state index is 12.2. The average Bonchev–Trinajstić information content (AvgIpc) is 2.73. The van der Waals surface area contributed by atoms with Gasteiger partial charge in [-0.05, 0) is 24.3 Å². The van der Waals surface area contributed by atoms with Gasteiger partial charge in [-0.3, -0.25) is 14.9 Å². The molecule has 1 saturated heterocycles. The molecule has 0 N–H and O–H groups in total. The molecule has 2 aromatic rings. The van der Waals surface area contributed by atoms with Crippen LogP contribution < -0.4 is 0 Å². The molecule has 28 heavy (non-hydrogen) atoms. The number of morpholine rings is 1. The minimum Gasteiger partial charge on any atom is -0.452 e. The maximum Gasteiger partial charge on any atom is 0.338 e. The molecule has 146 valence electrons. The number of nitrogens with zero attached hydrogens (tertiary/aromatic N) is 2. The molecule has 0 aliphatic carbocycles. The number of nitro benzene ring substituents is 1. The van der Waals surface area contributed by atoms with Crippen molar-refractivity contribution in [1.29, 1.82) is 0 Å². The molecule has 1 heterocycles. The molecule has 0 saturated carbocycles. The highest BCUT2D eigenvalue weighted by atomic mass is 32.2. The number of carbonyl (C=O) groups is 2. The van der Waals surface area contributed by atoms with Crippen LogP contribution in [-0.4, -0.2) is 54.6 Å². The van der Waals surface area contributed by atoms with Gasteiger partial charge in [0.25, 0.3) is 11.6 Å². The van der Waals surface area contributed by atoms with E-state index in [9.17, 15) is 19.7 Å². The minimum atomic E-state index is -0.777. The first-order valence-corrected chi connectivity index (χ1v) is 9.40. The lowest BCUT2D eigenvalue weighted by molar-refractivity contribution is -0.387. The number of esters is 1. The molecular weight excluding hydrogens is 384 g/mol. The van der Waals surface area contributed by atoms with E-state index in [1.54, 1.807) is 4.90 Å². The highest BCUT2D eigenvalue weighted by Crippen LogP contribution is 2.35. The Morgan fingerprint density at radius 1 is 1.14 bits per heavy atom. The largest absolute Gasteiger partial charge is 0.452 e. The summed E-state index contributed by atoms with van der Waals surface area (Å²) in [5.74, 6) is -1.09. The van der Waals surface area contributed by atoms with Gasteiger partial charge < -0.3 is 14.4 Å². The van der Waals surface area contributed by atoms with Crippen LogP contribution in [0.5, 0.6) is 0 Å². The van der Waals surface area contributed by atoms with E-state index in [1.165, 1.54) is 30.0 Å². The highest BCUT2D eigenvalue weighted by molar-refractivity contribution is 7.99. The van der Waals surface area contributed by atoms with Gasteiger partial charge in [0.15, 0.2) is 6.61 Å². The fraction of sp³-hybridized carbons (Fsp3) is 0.263. The number of amides is 1. The maximum atomic E-state index is 12.2. The van der Waals surface area contributed by atoms with E-state index in [4.69, 9.17) is 9.47 Å². The quantitative estimate of drug-likeness (QED) is 0.416. The highest BCUT2D eigenvalue weighted by Gasteiger charge is 2.22. The second-order valence-corrected chi connectivity index (χ2v) is 7.04. The van der Waals surface area contributed by atoms with Gasteiger partial charge in [0.1, 0.15) is 0 Å². The van der Waals surface area contributed by atoms with Crippen molar-refractivity contribution in [2.75, 3.05) is 32.9 Å². The van der Waals surface area contributed by atoms with E-state index in [0.29, 0.717) is 31.2 Å². The minimum absolute atomic E-state index is 0.0267. The van der Waals surface area contributed by atoms with Crippen LogP contribution in [0.25, 0.3) is 0 Å². The summed E-state index contributed by atoms with van der Waals surface area (Å²) in [4.78, 5) is 38.0. The van der Waals surface area contributed by atoms with Crippen molar-refractivity contribution in [3.05, 3.63) is 64.2 Å². The summed E-state index contributed by atoms with van der Waals surface area (Å²) in [6, 6.07) is 13.4. The molecule has 0 unspecified atom stereocenters. The van der Waals surface area contributed by atoms with E-state index >= 15 is 0 Å². The van der Waals surface area contributed by atoms with Crippen LogP contribution >= 0.6 is 11.8 Å². The number of hydrogen-bond acceptors (Lipinski definition) is 7. The molecule has 1 fully saturated rings. The molecule has 8 nitrogen and oxygen atoms in total. The third kappa shape index (κ3) is 5.08. The third-order valence-electron chi connectivity index (χ3n) is 4.05. The van der Waals surface area contributed by atoms with Crippen molar-refractivity contribution in [1.82, 2.24) is 4.90 Å². The zero-order chi connectivity index (χ0) is 19.9. The Labute approximate surface area is 165 Å². The third-order valence-corrected chi connectivity index (χ3v) is 5.13. The number of carbonyl (C=O) groups excluding carboxylic acids is 2. The summed E-state index contributed by atoms with van der Waals surface area (Å²) < 4.78 is 10.2. The first-order valence-electron chi connectivity index (χ1n) is 8.58. The van der Waals surface area contributed by atoms with E-state index < -0.39 is 17.5 Å². The van der Waals surface area contributed by atoms with Gasteiger partial charge in [0.05, 0.1) is 28.6 Å². The molecule has 0 spiro atoms. The smallest absolute Gasteiger partial charge is 0.338 e. The molecular formula is C19H18N2O6S. The van der Waals surface area contributed by atoms with E-state index in [2.05, 4.69) is 0 Å². The van der Waals surface area contributed by atoms with Crippen molar-refractivity contribution in [3.8, 4) is 0 Å². The molecule has 0 aromatic heterocycles. The Hall–Kier alpha value is -2.91. The normalized spacial score (nSPS) is 13.8. The molecule has 9 heteroatoms. The van der Waals surface area contributed by atoms with Crippen molar-refractivity contribution >= 4 is 29.3 Å². The summed E-state index contributed by atoms with van der Waals surface area (Å²) >= 11 is 1.23. The van der Waals surface area contributed by atoms with Crippen LogP contribution in [-0.2, 0) is 14.3 Å². The van der Waals surface area contributed by atoms with Gasteiger partial charge in [0, 0.05) is 24.1 Å². The number of ether oxygens (including phenoxy) is 2. The summed E-state index contributed by atoms with van der Waals surface area (Å²) in [5, 5.41) is 11.4. The predicted molar refractivity (Wildman–Crippen MR) is 101 cm³/mol. The lowest BCUT2D eigenvalue weighted by Crippen LogP contribution is -2.42. The number of nitro groups is 1. The van der Waals surface area contributed by atoms with Crippen molar-refractivity contribution in [3.63, 3.8) is 0 Å². The second kappa shape index (κ2) is 9.34. The molecule has 0 bridgehead atoms. The lowest BCUT2D eigenvalue weighted by atomic mass is 10.2. The van der Waals surface area contributed by atoms with Gasteiger partial charge in [-0.15, -0.1) is 0 Å². The van der Waals surface area contributed by atoms with Crippen LogP contribution in [0.4, 0.5) is 5.69 Å². The average molecular weight is 402 g/mol. The zero-order valence-electron chi connectivity index (χ0n) is 14.9. The fourth-order valence-corrected chi connectivity index (χ4v) is 3.52. The molecule has 0 radical (unpaired) electrons. The number of hydrogen-bond donors (Lipinski definition) is 0. The van der Waals surface area contributed by atoms with Gasteiger partial charge >= 0.3 is 5.97 Å². The van der Waals surface area contributed by atoms with E-state index in [-0.39, 0.29) is 17.2 Å². The summed E-state index contributed by atoms with van der Waals surface area (Å²) in [5.41, 5.74) is -0.165. The fourth-order valence-electron chi connectivity index (χ4n) is 2.60. The lowest BCUT2D eigenvalue weighted by Gasteiger charge is -2.26. The Morgan fingerprint density at radius 3 is 2.54 bits per heavy atom. The first-order chi connectivity index (χ1) is 13.5. The Balaban J connectivity index is 1.67. The van der Waals surface area contributed by atoms with Gasteiger partial charge in [0.2, 0.25) is 0 Å². The molecule has 2 aromatic carbocycles. The SMILES string of the molecule is O=C(OCC(=O)N1CCOCC1)c1ccc(Sc2ccccc2)c([N+](=O)[O-])c1. The molecule has 1 aliphatic rings. The standard InChI is InChI=1S/C19H18N2O6S/c22-18(20-8-10-26-11-9-20)13-27-19(23)14-6-7-17(16(12-14)21(24)25)28-15-4-2-1-3-5-15/h1-7,12H,8-11,13H2. The molecule has 1 aliphatic heterocycles. The van der Waals surface area contributed by atoms with Crippen molar-refractivity contribution in [2.45, 2.75) is 9.79 Å². The summed E-state index contributed by atoms with van der Waals surface area (Å²) in [6.45, 7) is 1.40. The Kier molecular flexibility index (Phi) is 6.62. The second-order valence-electron chi connectivity index (χ2n) is 5.92. The summed E-state index contributed by atoms with van der Waals surface area (Å²) in [7, 11) is 0. The van der Waals surface area contributed by atoms with Crippen LogP contribution in [0.3, 0.4) is 0 Å². The van der Waals surface area contributed by atoms with Crippen LogP contribution in [0.2, 0.25) is 0 Å². The van der Waals surface area contributed by atoms with Crippen molar-refractivity contribution in [2.24, 2.45) is 0 Å². The monoisotopic (exact) mass is 402 g/mol. The Bertz CT molecular complexity index is 868. The van der Waals surface area contributed by atoms with Crippen molar-refractivity contribution < 1.29 is 24.0 Å². The summed E-state index contributed by atoms with van der Waals surface area (Å²) in [6.07, 6.45) is 0. The van der Waals surface area contributed by atoms with Gasteiger partial charge in [-0.2, -0.15) is 0 Å². The number of rotatable bonds is 6. The van der Waals surface area contributed by atoms with E-state index in [1.807, 2.05) is 30.3 Å². The van der Waals surface area contributed by atoms with Gasteiger partial charge in [-0.1, -0.05) is 30.0 Å². The molecule has 1 amide bonds. The topological polar surface area (TPSA) is 99.0 Å². The van der Waals surface area contributed by atoms with Crippen LogP contribution in [0.1, 0.15) is 10.4 Å².